The standard InChI is InChI=1S/C19H24FN/c1-2-15-3-5-16(6-4-15)7-8-17-9-11-18(12-10-17)13-19(20)14-21/h3-6,13,17-18H,2,7-12H2,1H3/b19-13+/t17-,18-. The number of rotatable bonds is 5. The number of nitriles is 1. The third-order valence-corrected chi connectivity index (χ3v) is 4.65. The maximum Gasteiger partial charge on any atom is 0.196 e. The van der Waals surface area contributed by atoms with Gasteiger partial charge < -0.3 is 0 Å². The molecule has 2 heteroatoms. The molecule has 0 heterocycles. The molecule has 0 bridgehead atoms. The molecule has 0 aromatic heterocycles. The summed E-state index contributed by atoms with van der Waals surface area (Å²) >= 11 is 0. The molecule has 0 N–H and O–H groups in total. The minimum absolute atomic E-state index is 0.268. The molecule has 1 aliphatic carbocycles. The van der Waals surface area contributed by atoms with Gasteiger partial charge in [-0.3, -0.25) is 0 Å². The first-order chi connectivity index (χ1) is 10.2. The van der Waals surface area contributed by atoms with Crippen LogP contribution in [0.2, 0.25) is 0 Å². The van der Waals surface area contributed by atoms with Crippen molar-refractivity contribution >= 4 is 0 Å². The molecule has 2 rings (SSSR count). The maximum absolute atomic E-state index is 12.9. The summed E-state index contributed by atoms with van der Waals surface area (Å²) in [6.07, 6.45) is 9.34. The van der Waals surface area contributed by atoms with Gasteiger partial charge in [0.1, 0.15) is 6.07 Å². The Morgan fingerprint density at radius 3 is 2.38 bits per heavy atom. The molecule has 1 fully saturated rings. The fraction of sp³-hybridized carbons (Fsp3) is 0.526. The number of nitrogens with zero attached hydrogens (tertiary/aromatic N) is 1. The van der Waals surface area contributed by atoms with Gasteiger partial charge in [-0.2, -0.15) is 9.65 Å². The minimum atomic E-state index is -0.616. The molecule has 0 radical (unpaired) electrons. The summed E-state index contributed by atoms with van der Waals surface area (Å²) in [7, 11) is 0. The van der Waals surface area contributed by atoms with Crippen LogP contribution in [0.25, 0.3) is 0 Å². The fourth-order valence-electron chi connectivity index (χ4n) is 3.20. The van der Waals surface area contributed by atoms with Crippen molar-refractivity contribution in [3.05, 3.63) is 47.3 Å². The van der Waals surface area contributed by atoms with Gasteiger partial charge in [0.2, 0.25) is 0 Å². The van der Waals surface area contributed by atoms with E-state index >= 15 is 0 Å². The van der Waals surface area contributed by atoms with E-state index in [2.05, 4.69) is 31.2 Å². The Morgan fingerprint density at radius 1 is 1.19 bits per heavy atom. The highest BCUT2D eigenvalue weighted by Crippen LogP contribution is 2.33. The first-order valence-electron chi connectivity index (χ1n) is 8.06. The van der Waals surface area contributed by atoms with Gasteiger partial charge >= 0.3 is 0 Å². The zero-order valence-corrected chi connectivity index (χ0v) is 12.8. The van der Waals surface area contributed by atoms with Crippen molar-refractivity contribution in [2.45, 2.75) is 51.9 Å². The monoisotopic (exact) mass is 285 g/mol. The van der Waals surface area contributed by atoms with Gasteiger partial charge in [-0.1, -0.05) is 31.2 Å². The Bertz CT molecular complexity index is 501. The van der Waals surface area contributed by atoms with Crippen LogP contribution < -0.4 is 0 Å². The zero-order chi connectivity index (χ0) is 15.1. The van der Waals surface area contributed by atoms with Gasteiger partial charge in [-0.25, -0.2) is 0 Å². The van der Waals surface area contributed by atoms with Gasteiger partial charge in [0, 0.05) is 0 Å². The first kappa shape index (κ1) is 15.8. The number of allylic oxidation sites excluding steroid dienone is 2. The van der Waals surface area contributed by atoms with Gasteiger partial charge in [0.15, 0.2) is 5.83 Å². The second-order valence-electron chi connectivity index (χ2n) is 6.12. The lowest BCUT2D eigenvalue weighted by Gasteiger charge is -2.26. The van der Waals surface area contributed by atoms with Crippen molar-refractivity contribution in [1.82, 2.24) is 0 Å². The van der Waals surface area contributed by atoms with Crippen LogP contribution in [0.4, 0.5) is 4.39 Å². The van der Waals surface area contributed by atoms with E-state index in [0.717, 1.165) is 44.4 Å². The summed E-state index contributed by atoms with van der Waals surface area (Å²) in [4.78, 5) is 0. The van der Waals surface area contributed by atoms with E-state index < -0.39 is 5.83 Å². The largest absolute Gasteiger partial charge is 0.196 e. The molecule has 1 nitrogen and oxygen atoms in total. The van der Waals surface area contributed by atoms with Crippen molar-refractivity contribution in [2.75, 3.05) is 0 Å². The molecule has 0 aliphatic heterocycles. The molecule has 1 aliphatic rings. The van der Waals surface area contributed by atoms with Crippen LogP contribution in [-0.2, 0) is 12.8 Å². The second-order valence-corrected chi connectivity index (χ2v) is 6.12. The highest BCUT2D eigenvalue weighted by molar-refractivity contribution is 5.22. The van der Waals surface area contributed by atoms with Crippen LogP contribution in [0.5, 0.6) is 0 Å². The zero-order valence-electron chi connectivity index (χ0n) is 12.8. The fourth-order valence-corrected chi connectivity index (χ4v) is 3.20. The first-order valence-corrected chi connectivity index (χ1v) is 8.06. The van der Waals surface area contributed by atoms with Gasteiger partial charge in [0.05, 0.1) is 0 Å². The molecular formula is C19H24FN. The van der Waals surface area contributed by atoms with Crippen LogP contribution in [0.3, 0.4) is 0 Å². The van der Waals surface area contributed by atoms with Gasteiger partial charge in [0.25, 0.3) is 0 Å². The molecule has 21 heavy (non-hydrogen) atoms. The normalized spacial score (nSPS) is 22.8. The number of aryl methyl sites for hydroxylation is 2. The third kappa shape index (κ3) is 5.01. The van der Waals surface area contributed by atoms with Crippen LogP contribution >= 0.6 is 0 Å². The smallest absolute Gasteiger partial charge is 0.195 e. The Balaban J connectivity index is 1.75. The molecule has 0 unspecified atom stereocenters. The molecule has 0 amide bonds. The van der Waals surface area contributed by atoms with Crippen LogP contribution in [0, 0.1) is 23.2 Å². The molecule has 0 atom stereocenters. The maximum atomic E-state index is 12.9. The van der Waals surface area contributed by atoms with E-state index in [1.807, 2.05) is 0 Å². The van der Waals surface area contributed by atoms with E-state index in [1.165, 1.54) is 23.6 Å². The Morgan fingerprint density at radius 2 is 1.81 bits per heavy atom. The van der Waals surface area contributed by atoms with Crippen molar-refractivity contribution in [3.8, 4) is 6.07 Å². The second kappa shape index (κ2) is 7.98. The van der Waals surface area contributed by atoms with E-state index in [-0.39, 0.29) is 5.92 Å². The number of hydrogen-bond acceptors (Lipinski definition) is 1. The van der Waals surface area contributed by atoms with Crippen molar-refractivity contribution in [1.29, 1.82) is 5.26 Å². The van der Waals surface area contributed by atoms with Crippen LogP contribution in [0.15, 0.2) is 36.2 Å². The molecule has 1 aromatic carbocycles. The lowest BCUT2D eigenvalue weighted by atomic mass is 9.79. The molecule has 1 aromatic rings. The van der Waals surface area contributed by atoms with Crippen LogP contribution in [0.1, 0.15) is 50.2 Å². The third-order valence-electron chi connectivity index (χ3n) is 4.65. The molecule has 0 spiro atoms. The van der Waals surface area contributed by atoms with Gasteiger partial charge in [-0.15, -0.1) is 0 Å². The van der Waals surface area contributed by atoms with Crippen molar-refractivity contribution in [3.63, 3.8) is 0 Å². The average Bonchev–Trinajstić information content (AvgIpc) is 2.54. The lowest BCUT2D eigenvalue weighted by Crippen LogP contribution is -2.14. The summed E-state index contributed by atoms with van der Waals surface area (Å²) in [5.74, 6) is 0.407. The predicted octanol–water partition coefficient (Wildman–Crippen LogP) is 5.36. The number of halogens is 1. The predicted molar refractivity (Wildman–Crippen MR) is 84.4 cm³/mol. The van der Waals surface area contributed by atoms with E-state index in [0.29, 0.717) is 0 Å². The summed E-state index contributed by atoms with van der Waals surface area (Å²) in [6, 6.07) is 10.5. The topological polar surface area (TPSA) is 23.8 Å². The van der Waals surface area contributed by atoms with E-state index in [4.69, 9.17) is 5.26 Å². The quantitative estimate of drug-likeness (QED) is 0.668. The van der Waals surface area contributed by atoms with Gasteiger partial charge in [-0.05, 0) is 74.0 Å². The molecule has 112 valence electrons. The summed E-state index contributed by atoms with van der Waals surface area (Å²) in [6.45, 7) is 2.18. The summed E-state index contributed by atoms with van der Waals surface area (Å²) in [5, 5.41) is 8.47. The molecule has 1 saturated carbocycles. The molecular weight excluding hydrogens is 261 g/mol. The number of benzene rings is 1. The van der Waals surface area contributed by atoms with Crippen LogP contribution in [-0.4, -0.2) is 0 Å². The molecule has 0 saturated heterocycles. The highest BCUT2D eigenvalue weighted by atomic mass is 19.1. The Labute approximate surface area is 127 Å². The highest BCUT2D eigenvalue weighted by Gasteiger charge is 2.20. The number of hydrogen-bond donors (Lipinski definition) is 0. The SMILES string of the molecule is CCc1ccc(CC[C@H]2CC[C@H](/C=C(/F)C#N)CC2)cc1. The van der Waals surface area contributed by atoms with Crippen molar-refractivity contribution in [2.24, 2.45) is 11.8 Å². The minimum Gasteiger partial charge on any atom is -0.195 e. The summed E-state index contributed by atoms with van der Waals surface area (Å²) < 4.78 is 12.9. The van der Waals surface area contributed by atoms with E-state index in [1.54, 1.807) is 6.07 Å². The van der Waals surface area contributed by atoms with E-state index in [9.17, 15) is 4.39 Å². The average molecular weight is 285 g/mol. The Hall–Kier alpha value is -1.62. The van der Waals surface area contributed by atoms with Crippen molar-refractivity contribution < 1.29 is 4.39 Å². The Kier molecular flexibility index (Phi) is 5.99. The lowest BCUT2D eigenvalue weighted by molar-refractivity contribution is 0.294. The summed E-state index contributed by atoms with van der Waals surface area (Å²) in [5.41, 5.74) is 2.82.